The molecule has 1 atom stereocenters. The Bertz CT molecular complexity index is 437. The lowest BCUT2D eigenvalue weighted by atomic mass is 10.1. The number of primary amides is 1. The van der Waals surface area contributed by atoms with Crippen molar-refractivity contribution >= 4 is 11.8 Å². The van der Waals surface area contributed by atoms with Gasteiger partial charge in [0.05, 0.1) is 12.5 Å². The second-order valence-corrected chi connectivity index (χ2v) is 3.91. The molecule has 5 N–H and O–H groups in total. The molecule has 18 heavy (non-hydrogen) atoms. The molecule has 98 valence electrons. The first kappa shape index (κ1) is 14.1. The summed E-state index contributed by atoms with van der Waals surface area (Å²) < 4.78 is 13.2. The Kier molecular flexibility index (Phi) is 5.26. The number of amides is 2. The summed E-state index contributed by atoms with van der Waals surface area (Å²) in [6.07, 6.45) is 0.160. The average molecular weight is 253 g/mol. The van der Waals surface area contributed by atoms with E-state index in [1.165, 1.54) is 6.07 Å². The van der Waals surface area contributed by atoms with Crippen molar-refractivity contribution < 1.29 is 14.0 Å². The predicted octanol–water partition coefficient (Wildman–Crippen LogP) is -0.313. The van der Waals surface area contributed by atoms with Crippen molar-refractivity contribution in [2.24, 2.45) is 11.5 Å². The summed E-state index contributed by atoms with van der Waals surface area (Å²) in [7, 11) is 0. The topological polar surface area (TPSA) is 98.2 Å². The van der Waals surface area contributed by atoms with Crippen molar-refractivity contribution in [1.29, 1.82) is 0 Å². The molecule has 2 amide bonds. The van der Waals surface area contributed by atoms with Crippen LogP contribution in [0.15, 0.2) is 24.3 Å². The third-order valence-electron chi connectivity index (χ3n) is 2.41. The summed E-state index contributed by atoms with van der Waals surface area (Å²) in [5.74, 6) is -1.41. The number of halogens is 1. The van der Waals surface area contributed by atoms with Gasteiger partial charge in [0.2, 0.25) is 11.8 Å². The molecule has 6 heteroatoms. The Balaban J connectivity index is 2.36. The van der Waals surface area contributed by atoms with Crippen molar-refractivity contribution in [2.45, 2.75) is 18.9 Å². The molecule has 0 saturated heterocycles. The molecule has 0 saturated carbocycles. The third-order valence-corrected chi connectivity index (χ3v) is 2.41. The minimum Gasteiger partial charge on any atom is -0.370 e. The van der Waals surface area contributed by atoms with Crippen LogP contribution in [0.3, 0.4) is 0 Å². The van der Waals surface area contributed by atoms with Gasteiger partial charge in [0.1, 0.15) is 5.82 Å². The van der Waals surface area contributed by atoms with E-state index in [9.17, 15) is 14.0 Å². The quantitative estimate of drug-likeness (QED) is 0.648. The summed E-state index contributed by atoms with van der Waals surface area (Å²) in [4.78, 5) is 22.0. The maximum atomic E-state index is 13.2. The second-order valence-electron chi connectivity index (χ2n) is 3.91. The van der Waals surface area contributed by atoms with Crippen molar-refractivity contribution in [1.82, 2.24) is 5.32 Å². The van der Waals surface area contributed by atoms with Gasteiger partial charge in [-0.05, 0) is 18.1 Å². The standard InChI is InChI=1S/C12H16FN3O2/c13-9-4-2-1-3-8(9)5-6-16-12(18)10(14)7-11(15)17/h1-4,10H,5-7,14H2,(H2,15,17)(H,16,18)/t10-/m0/s1. The number of hydrogen-bond acceptors (Lipinski definition) is 3. The molecule has 0 heterocycles. The van der Waals surface area contributed by atoms with E-state index in [0.29, 0.717) is 12.0 Å². The fourth-order valence-electron chi connectivity index (χ4n) is 1.46. The van der Waals surface area contributed by atoms with E-state index in [2.05, 4.69) is 5.32 Å². The van der Waals surface area contributed by atoms with Crippen LogP contribution in [0.2, 0.25) is 0 Å². The zero-order valence-corrected chi connectivity index (χ0v) is 9.86. The Morgan fingerprint density at radius 3 is 2.61 bits per heavy atom. The molecule has 0 radical (unpaired) electrons. The zero-order chi connectivity index (χ0) is 13.5. The molecule has 1 rings (SSSR count). The summed E-state index contributed by atoms with van der Waals surface area (Å²) >= 11 is 0. The minimum absolute atomic E-state index is 0.203. The van der Waals surface area contributed by atoms with Crippen LogP contribution in [-0.4, -0.2) is 24.4 Å². The smallest absolute Gasteiger partial charge is 0.237 e. The average Bonchev–Trinajstić information content (AvgIpc) is 2.30. The maximum absolute atomic E-state index is 13.2. The molecule has 5 nitrogen and oxygen atoms in total. The van der Waals surface area contributed by atoms with Gasteiger partial charge in [0, 0.05) is 6.54 Å². The third kappa shape index (κ3) is 4.50. The van der Waals surface area contributed by atoms with Gasteiger partial charge in [-0.15, -0.1) is 0 Å². The molecule has 0 aliphatic heterocycles. The van der Waals surface area contributed by atoms with Crippen molar-refractivity contribution in [2.75, 3.05) is 6.54 Å². The number of rotatable bonds is 6. The number of benzene rings is 1. The summed E-state index contributed by atoms with van der Waals surface area (Å²) in [6, 6.07) is 5.36. The Morgan fingerprint density at radius 1 is 1.33 bits per heavy atom. The molecular formula is C12H16FN3O2. The Hall–Kier alpha value is -1.95. The number of nitrogens with two attached hydrogens (primary N) is 2. The molecule has 0 unspecified atom stereocenters. The maximum Gasteiger partial charge on any atom is 0.237 e. The highest BCUT2D eigenvalue weighted by atomic mass is 19.1. The SMILES string of the molecule is NC(=O)C[C@H](N)C(=O)NCCc1ccccc1F. The van der Waals surface area contributed by atoms with Crippen molar-refractivity contribution in [3.05, 3.63) is 35.6 Å². The summed E-state index contributed by atoms with van der Waals surface area (Å²) in [5.41, 5.74) is 10.9. The van der Waals surface area contributed by atoms with Crippen molar-refractivity contribution in [3.8, 4) is 0 Å². The van der Waals surface area contributed by atoms with E-state index < -0.39 is 17.9 Å². The highest BCUT2D eigenvalue weighted by Gasteiger charge is 2.15. The Labute approximate surface area is 104 Å². The number of carbonyl (C=O) groups excluding carboxylic acids is 2. The zero-order valence-electron chi connectivity index (χ0n) is 9.86. The van der Waals surface area contributed by atoms with E-state index in [1.807, 2.05) is 0 Å². The van der Waals surface area contributed by atoms with Crippen LogP contribution in [0.4, 0.5) is 4.39 Å². The van der Waals surface area contributed by atoms with Crippen LogP contribution in [0.25, 0.3) is 0 Å². The first-order chi connectivity index (χ1) is 8.50. The number of nitrogens with one attached hydrogen (secondary N) is 1. The van der Waals surface area contributed by atoms with Crippen LogP contribution < -0.4 is 16.8 Å². The molecule has 0 bridgehead atoms. The molecule has 0 aliphatic rings. The van der Waals surface area contributed by atoms with Crippen LogP contribution in [0.1, 0.15) is 12.0 Å². The minimum atomic E-state index is -0.955. The highest BCUT2D eigenvalue weighted by Crippen LogP contribution is 2.06. The number of hydrogen-bond donors (Lipinski definition) is 3. The van der Waals surface area contributed by atoms with Gasteiger partial charge < -0.3 is 16.8 Å². The first-order valence-electron chi connectivity index (χ1n) is 5.55. The van der Waals surface area contributed by atoms with E-state index in [-0.39, 0.29) is 18.8 Å². The van der Waals surface area contributed by atoms with Crippen LogP contribution >= 0.6 is 0 Å². The van der Waals surface area contributed by atoms with Gasteiger partial charge >= 0.3 is 0 Å². The largest absolute Gasteiger partial charge is 0.370 e. The molecule has 1 aromatic rings. The molecule has 0 aromatic heterocycles. The second kappa shape index (κ2) is 6.70. The fraction of sp³-hybridized carbons (Fsp3) is 0.333. The van der Waals surface area contributed by atoms with Gasteiger partial charge in [-0.1, -0.05) is 18.2 Å². The normalized spacial score (nSPS) is 11.9. The van der Waals surface area contributed by atoms with Crippen LogP contribution in [0, 0.1) is 5.82 Å². The van der Waals surface area contributed by atoms with E-state index in [1.54, 1.807) is 18.2 Å². The van der Waals surface area contributed by atoms with E-state index in [0.717, 1.165) is 0 Å². The highest BCUT2D eigenvalue weighted by molar-refractivity contribution is 5.87. The van der Waals surface area contributed by atoms with Gasteiger partial charge in [-0.3, -0.25) is 9.59 Å². The van der Waals surface area contributed by atoms with Crippen LogP contribution in [0.5, 0.6) is 0 Å². The lowest BCUT2D eigenvalue weighted by molar-refractivity contribution is -0.126. The Morgan fingerprint density at radius 2 is 2.00 bits per heavy atom. The lowest BCUT2D eigenvalue weighted by Crippen LogP contribution is -2.43. The molecule has 0 fully saturated rings. The van der Waals surface area contributed by atoms with Gasteiger partial charge in [-0.2, -0.15) is 0 Å². The van der Waals surface area contributed by atoms with Gasteiger partial charge in [0.15, 0.2) is 0 Å². The first-order valence-corrected chi connectivity index (χ1v) is 5.55. The summed E-state index contributed by atoms with van der Waals surface area (Å²) in [6.45, 7) is 0.256. The molecule has 0 spiro atoms. The molecule has 0 aliphatic carbocycles. The number of carbonyl (C=O) groups is 2. The lowest BCUT2D eigenvalue weighted by Gasteiger charge is -2.10. The van der Waals surface area contributed by atoms with Crippen molar-refractivity contribution in [3.63, 3.8) is 0 Å². The molecule has 1 aromatic carbocycles. The molecular weight excluding hydrogens is 237 g/mol. The van der Waals surface area contributed by atoms with E-state index in [4.69, 9.17) is 11.5 Å². The van der Waals surface area contributed by atoms with E-state index >= 15 is 0 Å². The monoisotopic (exact) mass is 253 g/mol. The summed E-state index contributed by atoms with van der Waals surface area (Å²) in [5, 5.41) is 2.53. The van der Waals surface area contributed by atoms with Gasteiger partial charge in [0.25, 0.3) is 0 Å². The predicted molar refractivity (Wildman–Crippen MR) is 64.9 cm³/mol. The van der Waals surface area contributed by atoms with Gasteiger partial charge in [-0.25, -0.2) is 4.39 Å². The fourth-order valence-corrected chi connectivity index (χ4v) is 1.46. The van der Waals surface area contributed by atoms with Crippen LogP contribution in [-0.2, 0) is 16.0 Å².